The van der Waals surface area contributed by atoms with E-state index in [9.17, 15) is 4.79 Å². The quantitative estimate of drug-likeness (QED) is 0.887. The number of halogens is 1. The second kappa shape index (κ2) is 6.50. The van der Waals surface area contributed by atoms with Crippen molar-refractivity contribution in [3.05, 3.63) is 59.1 Å². The van der Waals surface area contributed by atoms with Gasteiger partial charge in [-0.25, -0.2) is 4.79 Å². The fourth-order valence-corrected chi connectivity index (χ4v) is 2.84. The lowest BCUT2D eigenvalue weighted by atomic mass is 10.1. The van der Waals surface area contributed by atoms with Crippen LogP contribution in [0.3, 0.4) is 0 Å². The van der Waals surface area contributed by atoms with Gasteiger partial charge in [0.15, 0.2) is 0 Å². The van der Waals surface area contributed by atoms with E-state index in [1.807, 2.05) is 61.5 Å². The number of urea groups is 1. The molecule has 0 bridgehead atoms. The first-order valence-corrected chi connectivity index (χ1v) is 8.01. The van der Waals surface area contributed by atoms with E-state index < -0.39 is 0 Å². The molecular weight excluding hydrogens is 310 g/mol. The molecule has 0 aromatic heterocycles. The average molecular weight is 330 g/mol. The van der Waals surface area contributed by atoms with Crippen LogP contribution in [0, 0.1) is 0 Å². The number of nitrogens with one attached hydrogen (secondary N) is 2. The second-order valence-electron chi connectivity index (χ2n) is 6.04. The van der Waals surface area contributed by atoms with Gasteiger partial charge in [0, 0.05) is 42.5 Å². The highest BCUT2D eigenvalue weighted by Crippen LogP contribution is 2.41. The molecular formula is C18H20ClN3O. The summed E-state index contributed by atoms with van der Waals surface area (Å²) in [6, 6.07) is 15.6. The van der Waals surface area contributed by atoms with Crippen LogP contribution in [0.1, 0.15) is 17.9 Å². The lowest BCUT2D eigenvalue weighted by molar-refractivity contribution is 0.251. The predicted molar refractivity (Wildman–Crippen MR) is 95.5 cm³/mol. The number of hydrogen-bond acceptors (Lipinski definition) is 2. The molecule has 120 valence electrons. The van der Waals surface area contributed by atoms with Gasteiger partial charge in [-0.15, -0.1) is 0 Å². The fourth-order valence-electron chi connectivity index (χ4n) is 2.64. The molecule has 0 aliphatic heterocycles. The molecule has 1 saturated carbocycles. The summed E-state index contributed by atoms with van der Waals surface area (Å²) >= 11 is 6.01. The van der Waals surface area contributed by atoms with Crippen LogP contribution in [-0.4, -0.2) is 26.2 Å². The van der Waals surface area contributed by atoms with Crippen molar-refractivity contribution in [1.29, 1.82) is 0 Å². The minimum atomic E-state index is -0.169. The van der Waals surface area contributed by atoms with Crippen LogP contribution in [0.5, 0.6) is 0 Å². The second-order valence-corrected chi connectivity index (χ2v) is 6.48. The van der Waals surface area contributed by atoms with Crippen LogP contribution in [0.4, 0.5) is 16.2 Å². The molecule has 23 heavy (non-hydrogen) atoms. The van der Waals surface area contributed by atoms with E-state index in [-0.39, 0.29) is 12.1 Å². The van der Waals surface area contributed by atoms with Crippen LogP contribution >= 0.6 is 11.6 Å². The Bertz CT molecular complexity index is 700. The molecule has 2 N–H and O–H groups in total. The van der Waals surface area contributed by atoms with Crippen LogP contribution in [0.2, 0.25) is 5.02 Å². The number of carbonyl (C=O) groups is 1. The molecule has 0 spiro atoms. The van der Waals surface area contributed by atoms with Gasteiger partial charge in [0.1, 0.15) is 0 Å². The molecule has 4 nitrogen and oxygen atoms in total. The summed E-state index contributed by atoms with van der Waals surface area (Å²) in [5, 5.41) is 6.61. The Balaban J connectivity index is 1.52. The minimum Gasteiger partial charge on any atom is -0.378 e. The number of carbonyl (C=O) groups excluding carboxylic acids is 1. The number of rotatable bonds is 4. The van der Waals surface area contributed by atoms with Crippen molar-refractivity contribution >= 4 is 29.0 Å². The monoisotopic (exact) mass is 329 g/mol. The predicted octanol–water partition coefficient (Wildman–Crippen LogP) is 4.08. The van der Waals surface area contributed by atoms with Crippen LogP contribution in [-0.2, 0) is 0 Å². The summed E-state index contributed by atoms with van der Waals surface area (Å²) in [6.45, 7) is 0. The van der Waals surface area contributed by atoms with Crippen molar-refractivity contribution in [3.8, 4) is 0 Å². The summed E-state index contributed by atoms with van der Waals surface area (Å²) in [7, 11) is 3.97. The summed E-state index contributed by atoms with van der Waals surface area (Å²) < 4.78 is 0. The van der Waals surface area contributed by atoms with Gasteiger partial charge < -0.3 is 15.5 Å². The Morgan fingerprint density at radius 1 is 1.17 bits per heavy atom. The van der Waals surface area contributed by atoms with E-state index in [2.05, 4.69) is 16.7 Å². The third-order valence-electron chi connectivity index (χ3n) is 4.03. The minimum absolute atomic E-state index is 0.169. The summed E-state index contributed by atoms with van der Waals surface area (Å²) in [5.74, 6) is 0.357. The third kappa shape index (κ3) is 3.96. The van der Waals surface area contributed by atoms with Crippen molar-refractivity contribution < 1.29 is 4.79 Å². The molecule has 0 unspecified atom stereocenters. The van der Waals surface area contributed by atoms with Crippen molar-refractivity contribution in [2.24, 2.45) is 0 Å². The Labute approximate surface area is 141 Å². The summed E-state index contributed by atoms with van der Waals surface area (Å²) in [6.07, 6.45) is 0.952. The molecule has 2 aromatic rings. The molecule has 1 fully saturated rings. The molecule has 0 heterocycles. The van der Waals surface area contributed by atoms with Gasteiger partial charge in [-0.1, -0.05) is 23.7 Å². The Hall–Kier alpha value is -2.20. The van der Waals surface area contributed by atoms with Gasteiger partial charge in [-0.05, 0) is 48.4 Å². The first-order chi connectivity index (χ1) is 11.0. The summed E-state index contributed by atoms with van der Waals surface area (Å²) in [5.41, 5.74) is 3.06. The van der Waals surface area contributed by atoms with E-state index in [4.69, 9.17) is 11.6 Å². The molecule has 2 aromatic carbocycles. The first-order valence-electron chi connectivity index (χ1n) is 7.63. The lowest BCUT2D eigenvalue weighted by Gasteiger charge is -2.13. The average Bonchev–Trinajstić information content (AvgIpc) is 3.26. The molecule has 1 aliphatic carbocycles. The Kier molecular flexibility index (Phi) is 4.44. The molecule has 3 rings (SSSR count). The normalized spacial score (nSPS) is 19.1. The number of anilines is 2. The van der Waals surface area contributed by atoms with Gasteiger partial charge >= 0.3 is 6.03 Å². The molecule has 2 amide bonds. The maximum atomic E-state index is 12.1. The topological polar surface area (TPSA) is 44.4 Å². The zero-order valence-electron chi connectivity index (χ0n) is 13.2. The van der Waals surface area contributed by atoms with Crippen LogP contribution < -0.4 is 15.5 Å². The number of amides is 2. The zero-order chi connectivity index (χ0) is 16.4. The molecule has 2 atom stereocenters. The molecule has 0 radical (unpaired) electrons. The van der Waals surface area contributed by atoms with Crippen molar-refractivity contribution in [2.45, 2.75) is 18.4 Å². The Morgan fingerprint density at radius 3 is 2.57 bits per heavy atom. The van der Waals surface area contributed by atoms with Crippen molar-refractivity contribution in [2.75, 3.05) is 24.3 Å². The van der Waals surface area contributed by atoms with Gasteiger partial charge in [0.05, 0.1) is 0 Å². The maximum absolute atomic E-state index is 12.1. The highest BCUT2D eigenvalue weighted by Gasteiger charge is 2.39. The van der Waals surface area contributed by atoms with E-state index in [0.29, 0.717) is 5.92 Å². The third-order valence-corrected chi connectivity index (χ3v) is 4.26. The van der Waals surface area contributed by atoms with E-state index in [0.717, 1.165) is 22.8 Å². The van der Waals surface area contributed by atoms with Crippen LogP contribution in [0.15, 0.2) is 48.5 Å². The SMILES string of the molecule is CN(C)c1ccc(NC(=O)N[C@H]2C[C@H]2c2cccc(Cl)c2)cc1. The van der Waals surface area contributed by atoms with E-state index in [1.54, 1.807) is 0 Å². The molecule has 5 heteroatoms. The standard InChI is InChI=1S/C18H20ClN3O/c1-22(2)15-8-6-14(7-9-15)20-18(23)21-17-11-16(17)12-4-3-5-13(19)10-12/h3-10,16-17H,11H2,1-2H3,(H2,20,21,23)/t16-,17-/m0/s1. The number of benzene rings is 2. The number of nitrogens with zero attached hydrogens (tertiary/aromatic N) is 1. The highest BCUT2D eigenvalue weighted by atomic mass is 35.5. The molecule has 0 saturated heterocycles. The van der Waals surface area contributed by atoms with E-state index >= 15 is 0 Å². The lowest BCUT2D eigenvalue weighted by Crippen LogP contribution is -2.31. The fraction of sp³-hybridized carbons (Fsp3) is 0.278. The summed E-state index contributed by atoms with van der Waals surface area (Å²) in [4.78, 5) is 14.1. The zero-order valence-corrected chi connectivity index (χ0v) is 14.0. The van der Waals surface area contributed by atoms with E-state index in [1.165, 1.54) is 5.56 Å². The van der Waals surface area contributed by atoms with Crippen LogP contribution in [0.25, 0.3) is 0 Å². The Morgan fingerprint density at radius 2 is 1.91 bits per heavy atom. The van der Waals surface area contributed by atoms with Crippen molar-refractivity contribution in [3.63, 3.8) is 0 Å². The highest BCUT2D eigenvalue weighted by molar-refractivity contribution is 6.30. The largest absolute Gasteiger partial charge is 0.378 e. The van der Waals surface area contributed by atoms with Gasteiger partial charge in [0.2, 0.25) is 0 Å². The van der Waals surface area contributed by atoms with Gasteiger partial charge in [-0.3, -0.25) is 0 Å². The van der Waals surface area contributed by atoms with Gasteiger partial charge in [0.25, 0.3) is 0 Å². The molecule has 1 aliphatic rings. The maximum Gasteiger partial charge on any atom is 0.319 e. The van der Waals surface area contributed by atoms with Crippen molar-refractivity contribution in [1.82, 2.24) is 5.32 Å². The first kappa shape index (κ1) is 15.7. The smallest absolute Gasteiger partial charge is 0.319 e. The van der Waals surface area contributed by atoms with Gasteiger partial charge in [-0.2, -0.15) is 0 Å². The number of hydrogen-bond donors (Lipinski definition) is 2.